The number of aliphatic hydroxyl groups excluding tert-OH is 1. The van der Waals surface area contributed by atoms with E-state index in [1.807, 2.05) is 13.8 Å². The van der Waals surface area contributed by atoms with Crippen molar-refractivity contribution in [2.75, 3.05) is 0 Å². The zero-order valence-electron chi connectivity index (χ0n) is 23.3. The molecule has 0 unspecified atom stereocenters. The molecule has 0 radical (unpaired) electrons. The topological polar surface area (TPSA) is 142 Å². The number of aliphatic hydroxyl groups is 1. The molecule has 38 heavy (non-hydrogen) atoms. The molecule has 0 spiro atoms. The minimum Gasteiger partial charge on any atom is -0.462 e. The average molecular weight is 535 g/mol. The van der Waals surface area contributed by atoms with Crippen molar-refractivity contribution in [1.29, 1.82) is 0 Å². The Morgan fingerprint density at radius 2 is 1.37 bits per heavy atom. The molecule has 210 valence electrons. The third-order valence-electron chi connectivity index (χ3n) is 8.20. The SMILES string of the molecule is CC(=O)O[C@H]1C[C@H](OC(C)=O)[C@]2(C)CC1=C[C@H](OC(C)=O)[C@@H]1C[C@H](OC(C)=O)C(C)=C(C(=O)[C@@H]2O)C1(C)C. The van der Waals surface area contributed by atoms with Gasteiger partial charge in [-0.3, -0.25) is 24.0 Å². The minimum atomic E-state index is -1.60. The quantitative estimate of drug-likeness (QED) is 0.325. The second-order valence-electron chi connectivity index (χ2n) is 11.4. The first-order chi connectivity index (χ1) is 17.5. The van der Waals surface area contributed by atoms with Gasteiger partial charge in [-0.15, -0.1) is 0 Å². The van der Waals surface area contributed by atoms with E-state index in [1.54, 1.807) is 19.9 Å². The number of Topliss-reactive ketones (excluding diaryl/α,β-unsaturated/α-hetero) is 1. The molecule has 3 aliphatic rings. The molecule has 10 nitrogen and oxygen atoms in total. The largest absolute Gasteiger partial charge is 0.462 e. The summed E-state index contributed by atoms with van der Waals surface area (Å²) in [4.78, 5) is 62.4. The Bertz CT molecular complexity index is 1100. The number of rotatable bonds is 4. The first kappa shape index (κ1) is 29.5. The molecule has 1 saturated carbocycles. The number of carbonyl (C=O) groups excluding carboxylic acids is 5. The number of esters is 4. The molecule has 0 amide bonds. The van der Waals surface area contributed by atoms with Gasteiger partial charge in [0.05, 0.1) is 0 Å². The van der Waals surface area contributed by atoms with Crippen LogP contribution in [0.25, 0.3) is 0 Å². The fourth-order valence-electron chi connectivity index (χ4n) is 6.45. The van der Waals surface area contributed by atoms with Crippen molar-refractivity contribution in [3.63, 3.8) is 0 Å². The van der Waals surface area contributed by atoms with Gasteiger partial charge in [0.2, 0.25) is 0 Å². The normalized spacial score (nSPS) is 34.4. The third-order valence-corrected chi connectivity index (χ3v) is 8.20. The van der Waals surface area contributed by atoms with Gasteiger partial charge in [0.15, 0.2) is 5.78 Å². The summed E-state index contributed by atoms with van der Waals surface area (Å²) < 4.78 is 22.5. The van der Waals surface area contributed by atoms with Gasteiger partial charge in [-0.2, -0.15) is 0 Å². The van der Waals surface area contributed by atoms with E-state index in [1.165, 1.54) is 27.7 Å². The first-order valence-corrected chi connectivity index (χ1v) is 12.8. The van der Waals surface area contributed by atoms with Gasteiger partial charge in [0.1, 0.15) is 30.5 Å². The summed E-state index contributed by atoms with van der Waals surface area (Å²) in [5.41, 5.74) is -0.883. The highest BCUT2D eigenvalue weighted by Gasteiger charge is 2.57. The van der Waals surface area contributed by atoms with Crippen LogP contribution in [0.3, 0.4) is 0 Å². The van der Waals surface area contributed by atoms with Crippen LogP contribution >= 0.6 is 0 Å². The molecule has 0 saturated heterocycles. The maximum atomic E-state index is 14.2. The Morgan fingerprint density at radius 3 is 1.89 bits per heavy atom. The van der Waals surface area contributed by atoms with Crippen LogP contribution in [0, 0.1) is 16.7 Å². The molecule has 0 aliphatic heterocycles. The van der Waals surface area contributed by atoms with Crippen molar-refractivity contribution >= 4 is 29.7 Å². The maximum Gasteiger partial charge on any atom is 0.303 e. The number of ether oxygens (including phenoxy) is 4. The fraction of sp³-hybridized carbons (Fsp3) is 0.679. The van der Waals surface area contributed by atoms with E-state index in [-0.39, 0.29) is 24.8 Å². The molecule has 3 rings (SSSR count). The van der Waals surface area contributed by atoms with Gasteiger partial charge in [-0.05, 0) is 37.0 Å². The van der Waals surface area contributed by atoms with E-state index in [9.17, 15) is 29.1 Å². The van der Waals surface area contributed by atoms with Crippen molar-refractivity contribution < 1.29 is 48.0 Å². The van der Waals surface area contributed by atoms with E-state index in [0.29, 0.717) is 11.1 Å². The predicted octanol–water partition coefficient (Wildman–Crippen LogP) is 2.75. The summed E-state index contributed by atoms with van der Waals surface area (Å²) in [6, 6.07) is 0. The number of hydrogen-bond acceptors (Lipinski definition) is 10. The molecular weight excluding hydrogens is 496 g/mol. The van der Waals surface area contributed by atoms with Crippen LogP contribution in [0.5, 0.6) is 0 Å². The summed E-state index contributed by atoms with van der Waals surface area (Å²) >= 11 is 0. The van der Waals surface area contributed by atoms with E-state index in [0.717, 1.165) is 0 Å². The number of ketones is 1. The number of hydrogen-bond donors (Lipinski definition) is 1. The lowest BCUT2D eigenvalue weighted by Crippen LogP contribution is -2.57. The Labute approximate surface area is 222 Å². The van der Waals surface area contributed by atoms with E-state index < -0.39 is 76.9 Å². The zero-order valence-corrected chi connectivity index (χ0v) is 23.3. The van der Waals surface area contributed by atoms with Crippen LogP contribution in [0.4, 0.5) is 0 Å². The van der Waals surface area contributed by atoms with Crippen molar-refractivity contribution in [2.24, 2.45) is 16.7 Å². The van der Waals surface area contributed by atoms with Crippen molar-refractivity contribution in [3.05, 3.63) is 22.8 Å². The highest BCUT2D eigenvalue weighted by Crippen LogP contribution is 2.53. The molecule has 0 aromatic rings. The molecule has 0 aromatic heterocycles. The lowest BCUT2D eigenvalue weighted by molar-refractivity contribution is -0.174. The monoisotopic (exact) mass is 534 g/mol. The highest BCUT2D eigenvalue weighted by molar-refractivity contribution is 6.01. The summed E-state index contributed by atoms with van der Waals surface area (Å²) in [7, 11) is 0. The molecule has 3 aliphatic carbocycles. The van der Waals surface area contributed by atoms with Crippen LogP contribution in [0.15, 0.2) is 22.8 Å². The Morgan fingerprint density at radius 1 is 0.842 bits per heavy atom. The number of carbonyl (C=O) groups is 5. The van der Waals surface area contributed by atoms with E-state index in [4.69, 9.17) is 18.9 Å². The van der Waals surface area contributed by atoms with E-state index >= 15 is 0 Å². The molecule has 10 heteroatoms. The minimum absolute atomic E-state index is 0.0147. The Balaban J connectivity index is 2.33. The summed E-state index contributed by atoms with van der Waals surface area (Å²) in [5, 5.41) is 11.7. The summed E-state index contributed by atoms with van der Waals surface area (Å²) in [6.45, 7) is 12.0. The van der Waals surface area contributed by atoms with Crippen LogP contribution in [-0.4, -0.2) is 65.3 Å². The van der Waals surface area contributed by atoms with Crippen molar-refractivity contribution in [3.8, 4) is 0 Å². The van der Waals surface area contributed by atoms with Gasteiger partial charge in [-0.25, -0.2) is 0 Å². The second kappa shape index (κ2) is 10.6. The van der Waals surface area contributed by atoms with Gasteiger partial charge < -0.3 is 24.1 Å². The molecule has 1 N–H and O–H groups in total. The fourth-order valence-corrected chi connectivity index (χ4v) is 6.45. The zero-order chi connectivity index (χ0) is 28.7. The molecule has 0 heterocycles. The smallest absolute Gasteiger partial charge is 0.303 e. The lowest BCUT2D eigenvalue weighted by Gasteiger charge is -2.51. The van der Waals surface area contributed by atoms with Crippen LogP contribution in [0.2, 0.25) is 0 Å². The maximum absolute atomic E-state index is 14.2. The average Bonchev–Trinajstić information content (AvgIpc) is 2.75. The molecule has 1 fully saturated rings. The third kappa shape index (κ3) is 5.55. The molecule has 0 aromatic carbocycles. The van der Waals surface area contributed by atoms with Gasteiger partial charge in [0.25, 0.3) is 0 Å². The van der Waals surface area contributed by atoms with Gasteiger partial charge in [-0.1, -0.05) is 20.8 Å². The number of fused-ring (bicyclic) bond motifs is 4. The molecular formula is C28H38O10. The van der Waals surface area contributed by atoms with Crippen LogP contribution in [0.1, 0.15) is 74.7 Å². The van der Waals surface area contributed by atoms with Crippen LogP contribution in [-0.2, 0) is 42.9 Å². The van der Waals surface area contributed by atoms with Crippen molar-refractivity contribution in [1.82, 2.24) is 0 Å². The summed E-state index contributed by atoms with van der Waals surface area (Å²) in [6.07, 6.45) is -3.00. The first-order valence-electron chi connectivity index (χ1n) is 12.8. The van der Waals surface area contributed by atoms with Gasteiger partial charge >= 0.3 is 23.9 Å². The molecule has 4 bridgehead atoms. The second-order valence-corrected chi connectivity index (χ2v) is 11.4. The van der Waals surface area contributed by atoms with Crippen molar-refractivity contribution in [2.45, 2.75) is 105 Å². The highest BCUT2D eigenvalue weighted by atomic mass is 16.6. The van der Waals surface area contributed by atoms with E-state index in [2.05, 4.69) is 0 Å². The van der Waals surface area contributed by atoms with Gasteiger partial charge in [0, 0.05) is 56.4 Å². The van der Waals surface area contributed by atoms with Crippen LogP contribution < -0.4 is 0 Å². The Hall–Kier alpha value is -3.01. The summed E-state index contributed by atoms with van der Waals surface area (Å²) in [5.74, 6) is -3.36. The standard InChI is InChI=1S/C28H38O10/c1-13-20(35-14(2)29)10-19-22(37-16(4)31)9-18-12-28(8,26(34)25(33)24(13)27(19,6)7)23(38-17(5)32)11-21(18)36-15(3)30/h9,19-23,26,34H,10-12H2,1-8H3/t19-,20-,21-,22-,23-,26-,28-/m0/s1. The molecule has 7 atom stereocenters. The predicted molar refractivity (Wildman–Crippen MR) is 133 cm³/mol. The Kier molecular flexibility index (Phi) is 8.27. The lowest BCUT2D eigenvalue weighted by atomic mass is 9.57.